The molecular formula is C7H12O3. The summed E-state index contributed by atoms with van der Waals surface area (Å²) >= 11 is 0. The summed E-state index contributed by atoms with van der Waals surface area (Å²) in [6, 6.07) is 0. The molecule has 0 saturated heterocycles. The number of hydrogen-bond donors (Lipinski definition) is 1. The van der Waals surface area contributed by atoms with Crippen molar-refractivity contribution in [2.45, 2.75) is 12.0 Å². The number of rotatable bonds is 3. The summed E-state index contributed by atoms with van der Waals surface area (Å²) in [7, 11) is 1.60. The predicted molar refractivity (Wildman–Crippen MR) is 36.5 cm³/mol. The molecule has 10 heavy (non-hydrogen) atoms. The first-order valence-electron chi connectivity index (χ1n) is 3.26. The van der Waals surface area contributed by atoms with Gasteiger partial charge in [0.05, 0.1) is 19.5 Å². The number of hydrogen-bond acceptors (Lipinski definition) is 3. The van der Waals surface area contributed by atoms with Gasteiger partial charge in [-0.3, -0.25) is 0 Å². The van der Waals surface area contributed by atoms with E-state index in [0.717, 1.165) is 6.42 Å². The first-order chi connectivity index (χ1) is 4.83. The van der Waals surface area contributed by atoms with Crippen molar-refractivity contribution >= 4 is 0 Å². The quantitative estimate of drug-likeness (QED) is 0.619. The molecule has 0 aromatic heterocycles. The van der Waals surface area contributed by atoms with Crippen molar-refractivity contribution in [1.29, 1.82) is 0 Å². The van der Waals surface area contributed by atoms with Gasteiger partial charge in [0.2, 0.25) is 0 Å². The monoisotopic (exact) mass is 144 g/mol. The SMILES string of the molecule is COCC1(CO)CC=CO1. The largest absolute Gasteiger partial charge is 0.490 e. The van der Waals surface area contributed by atoms with Gasteiger partial charge in [-0.15, -0.1) is 0 Å². The lowest BCUT2D eigenvalue weighted by molar-refractivity contribution is -0.0602. The average molecular weight is 144 g/mol. The van der Waals surface area contributed by atoms with Gasteiger partial charge in [0.1, 0.15) is 0 Å². The third kappa shape index (κ3) is 1.30. The van der Waals surface area contributed by atoms with Crippen LogP contribution in [-0.2, 0) is 9.47 Å². The van der Waals surface area contributed by atoms with Crippen LogP contribution in [-0.4, -0.2) is 31.0 Å². The molecule has 0 aromatic rings. The summed E-state index contributed by atoms with van der Waals surface area (Å²) < 4.78 is 10.1. The minimum absolute atomic E-state index is 0.00778. The normalized spacial score (nSPS) is 30.6. The molecule has 0 bridgehead atoms. The molecule has 0 saturated carbocycles. The Morgan fingerprint density at radius 3 is 3.00 bits per heavy atom. The van der Waals surface area contributed by atoms with Crippen molar-refractivity contribution in [3.05, 3.63) is 12.3 Å². The highest BCUT2D eigenvalue weighted by Gasteiger charge is 2.32. The van der Waals surface area contributed by atoms with Gasteiger partial charge in [-0.05, 0) is 6.08 Å². The summed E-state index contributed by atoms with van der Waals surface area (Å²) in [6.45, 7) is 0.449. The van der Waals surface area contributed by atoms with E-state index in [-0.39, 0.29) is 6.61 Å². The Morgan fingerprint density at radius 2 is 2.60 bits per heavy atom. The van der Waals surface area contributed by atoms with E-state index in [1.165, 1.54) is 0 Å². The third-order valence-corrected chi connectivity index (χ3v) is 1.60. The Morgan fingerprint density at radius 1 is 1.80 bits per heavy atom. The number of methoxy groups -OCH3 is 1. The van der Waals surface area contributed by atoms with Crippen LogP contribution in [0.5, 0.6) is 0 Å². The summed E-state index contributed by atoms with van der Waals surface area (Å²) in [4.78, 5) is 0. The third-order valence-electron chi connectivity index (χ3n) is 1.60. The number of ether oxygens (including phenoxy) is 2. The van der Waals surface area contributed by atoms with Crippen LogP contribution in [0.1, 0.15) is 6.42 Å². The Kier molecular flexibility index (Phi) is 2.29. The summed E-state index contributed by atoms with van der Waals surface area (Å²) in [5.41, 5.74) is -0.491. The zero-order valence-electron chi connectivity index (χ0n) is 6.04. The van der Waals surface area contributed by atoms with Crippen molar-refractivity contribution in [3.8, 4) is 0 Å². The van der Waals surface area contributed by atoms with Crippen LogP contribution >= 0.6 is 0 Å². The van der Waals surface area contributed by atoms with E-state index in [1.54, 1.807) is 13.4 Å². The van der Waals surface area contributed by atoms with Crippen LogP contribution in [0.25, 0.3) is 0 Å². The first kappa shape index (κ1) is 7.57. The van der Waals surface area contributed by atoms with E-state index in [4.69, 9.17) is 14.6 Å². The van der Waals surface area contributed by atoms with Crippen LogP contribution in [0.3, 0.4) is 0 Å². The van der Waals surface area contributed by atoms with Gasteiger partial charge in [0.15, 0.2) is 5.60 Å². The Hall–Kier alpha value is -0.540. The molecule has 0 aliphatic carbocycles. The molecule has 0 fully saturated rings. The Bertz CT molecular complexity index is 123. The zero-order chi connectivity index (χ0) is 7.45. The van der Waals surface area contributed by atoms with Crippen LogP contribution in [0, 0.1) is 0 Å². The molecule has 0 radical (unpaired) electrons. The minimum atomic E-state index is -0.491. The highest BCUT2D eigenvalue weighted by molar-refractivity contribution is 4.97. The maximum atomic E-state index is 8.90. The molecule has 1 rings (SSSR count). The smallest absolute Gasteiger partial charge is 0.158 e. The minimum Gasteiger partial charge on any atom is -0.490 e. The Labute approximate surface area is 60.3 Å². The predicted octanol–water partition coefficient (Wildman–Crippen LogP) is 0.298. The molecule has 0 spiro atoms. The second-order valence-electron chi connectivity index (χ2n) is 2.47. The molecule has 0 amide bonds. The molecule has 1 unspecified atom stereocenters. The van der Waals surface area contributed by atoms with Crippen molar-refractivity contribution in [2.75, 3.05) is 20.3 Å². The summed E-state index contributed by atoms with van der Waals surface area (Å²) in [5.74, 6) is 0. The van der Waals surface area contributed by atoms with Gasteiger partial charge in [-0.1, -0.05) is 0 Å². The molecule has 0 aromatic carbocycles. The van der Waals surface area contributed by atoms with Crippen LogP contribution < -0.4 is 0 Å². The van der Waals surface area contributed by atoms with Gasteiger partial charge in [-0.2, -0.15) is 0 Å². The maximum Gasteiger partial charge on any atom is 0.158 e. The summed E-state index contributed by atoms with van der Waals surface area (Å²) in [5, 5.41) is 8.90. The van der Waals surface area contributed by atoms with Gasteiger partial charge < -0.3 is 14.6 Å². The lowest BCUT2D eigenvalue weighted by Gasteiger charge is -2.24. The molecule has 3 nitrogen and oxygen atoms in total. The van der Waals surface area contributed by atoms with Crippen molar-refractivity contribution in [1.82, 2.24) is 0 Å². The van der Waals surface area contributed by atoms with E-state index in [0.29, 0.717) is 6.61 Å². The molecule has 1 heterocycles. The van der Waals surface area contributed by atoms with Gasteiger partial charge in [-0.25, -0.2) is 0 Å². The van der Waals surface area contributed by atoms with E-state index in [9.17, 15) is 0 Å². The van der Waals surface area contributed by atoms with Crippen molar-refractivity contribution < 1.29 is 14.6 Å². The lowest BCUT2D eigenvalue weighted by atomic mass is 10.0. The molecule has 1 aliphatic rings. The second kappa shape index (κ2) is 3.03. The Balaban J connectivity index is 2.44. The topological polar surface area (TPSA) is 38.7 Å². The maximum absolute atomic E-state index is 8.90. The van der Waals surface area contributed by atoms with Gasteiger partial charge >= 0.3 is 0 Å². The molecule has 1 aliphatic heterocycles. The lowest BCUT2D eigenvalue weighted by Crippen LogP contribution is -2.37. The fraction of sp³-hybridized carbons (Fsp3) is 0.714. The van der Waals surface area contributed by atoms with E-state index in [1.807, 2.05) is 6.08 Å². The standard InChI is InChI=1S/C7H12O3/c1-9-6-7(5-8)3-2-4-10-7/h2,4,8H,3,5-6H2,1H3. The van der Waals surface area contributed by atoms with Crippen LogP contribution in [0.4, 0.5) is 0 Å². The number of aliphatic hydroxyl groups is 1. The number of aliphatic hydroxyl groups excluding tert-OH is 1. The highest BCUT2D eigenvalue weighted by Crippen LogP contribution is 2.22. The fourth-order valence-electron chi connectivity index (χ4n) is 1.01. The van der Waals surface area contributed by atoms with Crippen molar-refractivity contribution in [2.24, 2.45) is 0 Å². The zero-order valence-corrected chi connectivity index (χ0v) is 6.04. The van der Waals surface area contributed by atoms with E-state index in [2.05, 4.69) is 0 Å². The second-order valence-corrected chi connectivity index (χ2v) is 2.47. The van der Waals surface area contributed by atoms with E-state index < -0.39 is 5.60 Å². The van der Waals surface area contributed by atoms with Gasteiger partial charge in [0.25, 0.3) is 0 Å². The van der Waals surface area contributed by atoms with Crippen LogP contribution in [0.2, 0.25) is 0 Å². The molecular weight excluding hydrogens is 132 g/mol. The van der Waals surface area contributed by atoms with Crippen molar-refractivity contribution in [3.63, 3.8) is 0 Å². The highest BCUT2D eigenvalue weighted by atomic mass is 16.5. The van der Waals surface area contributed by atoms with Gasteiger partial charge in [0, 0.05) is 13.5 Å². The first-order valence-corrected chi connectivity index (χ1v) is 3.26. The average Bonchev–Trinajstić information content (AvgIpc) is 2.39. The van der Waals surface area contributed by atoms with Crippen LogP contribution in [0.15, 0.2) is 12.3 Å². The fourth-order valence-corrected chi connectivity index (χ4v) is 1.01. The molecule has 58 valence electrons. The molecule has 1 N–H and O–H groups in total. The summed E-state index contributed by atoms with van der Waals surface area (Å²) in [6.07, 6.45) is 4.22. The molecule has 1 atom stereocenters. The van der Waals surface area contributed by atoms with E-state index >= 15 is 0 Å². The molecule has 3 heteroatoms.